The van der Waals surface area contributed by atoms with Gasteiger partial charge in [-0.3, -0.25) is 4.79 Å². The fraction of sp³-hybridized carbons (Fsp3) is 0.316. The molecular formula is C19H19Cl2N3O7S. The van der Waals surface area contributed by atoms with Crippen LogP contribution in [0.1, 0.15) is 10.4 Å². The molecule has 0 bridgehead atoms. The molecule has 172 valence electrons. The zero-order valence-corrected chi connectivity index (χ0v) is 19.2. The molecule has 1 saturated heterocycles. The summed E-state index contributed by atoms with van der Waals surface area (Å²) in [6, 6.07) is 6.58. The van der Waals surface area contributed by atoms with Crippen LogP contribution >= 0.6 is 23.2 Å². The lowest BCUT2D eigenvalue weighted by molar-refractivity contribution is -0.119. The fourth-order valence-electron chi connectivity index (χ4n) is 2.85. The van der Waals surface area contributed by atoms with Gasteiger partial charge in [-0.2, -0.15) is 4.31 Å². The van der Waals surface area contributed by atoms with Gasteiger partial charge in [0.1, 0.15) is 16.1 Å². The van der Waals surface area contributed by atoms with E-state index in [2.05, 4.69) is 10.3 Å². The highest BCUT2D eigenvalue weighted by Gasteiger charge is 2.27. The largest absolute Gasteiger partial charge is 0.495 e. The van der Waals surface area contributed by atoms with E-state index in [1.807, 2.05) is 0 Å². The number of hydrogen-bond acceptors (Lipinski definition) is 8. The number of halogens is 2. The molecule has 2 aromatic rings. The molecule has 0 aliphatic carbocycles. The average molecular weight is 504 g/mol. The molecule has 0 radical (unpaired) electrons. The number of nitrogens with zero attached hydrogens (tertiary/aromatic N) is 2. The normalized spacial score (nSPS) is 14.6. The molecule has 1 fully saturated rings. The molecule has 2 heterocycles. The SMILES string of the molecule is COc1cc(S(=O)(=O)N2CCOCC2)ccc1NC(=O)COC(=O)c1cc(Cl)nc(Cl)c1. The molecule has 10 nitrogen and oxygen atoms in total. The number of ether oxygens (including phenoxy) is 3. The first-order valence-electron chi connectivity index (χ1n) is 9.26. The minimum absolute atomic E-state index is 0.00533. The molecule has 1 aromatic carbocycles. The number of hydrogen-bond donors (Lipinski definition) is 1. The number of anilines is 1. The summed E-state index contributed by atoms with van der Waals surface area (Å²) in [7, 11) is -2.39. The third-order valence-electron chi connectivity index (χ3n) is 4.39. The van der Waals surface area contributed by atoms with Crippen LogP contribution in [0.3, 0.4) is 0 Å². The number of carbonyl (C=O) groups is 2. The first-order valence-corrected chi connectivity index (χ1v) is 11.5. The highest BCUT2D eigenvalue weighted by atomic mass is 35.5. The third kappa shape index (κ3) is 5.87. The van der Waals surface area contributed by atoms with Gasteiger partial charge in [0.15, 0.2) is 6.61 Å². The molecule has 32 heavy (non-hydrogen) atoms. The molecule has 1 aliphatic heterocycles. The van der Waals surface area contributed by atoms with E-state index < -0.39 is 28.5 Å². The van der Waals surface area contributed by atoms with Crippen LogP contribution in [0.25, 0.3) is 0 Å². The van der Waals surface area contributed by atoms with Gasteiger partial charge in [-0.05, 0) is 24.3 Å². The molecule has 0 unspecified atom stereocenters. The second kappa shape index (κ2) is 10.5. The maximum absolute atomic E-state index is 12.8. The van der Waals surface area contributed by atoms with Gasteiger partial charge >= 0.3 is 5.97 Å². The molecule has 3 rings (SSSR count). The Hall–Kier alpha value is -2.44. The Morgan fingerprint density at radius 2 is 1.81 bits per heavy atom. The molecular weight excluding hydrogens is 485 g/mol. The lowest BCUT2D eigenvalue weighted by atomic mass is 10.3. The number of rotatable bonds is 7. The molecule has 1 amide bonds. The summed E-state index contributed by atoms with van der Waals surface area (Å²) in [6.45, 7) is 0.542. The van der Waals surface area contributed by atoms with Gasteiger partial charge in [0.25, 0.3) is 5.91 Å². The molecule has 1 aliphatic rings. The quantitative estimate of drug-likeness (QED) is 0.450. The molecule has 1 aromatic heterocycles. The Bertz CT molecular complexity index is 1100. The fourth-order valence-corrected chi connectivity index (χ4v) is 4.74. The molecule has 0 atom stereocenters. The number of amides is 1. The third-order valence-corrected chi connectivity index (χ3v) is 6.67. The Kier molecular flexibility index (Phi) is 7.91. The van der Waals surface area contributed by atoms with E-state index in [1.165, 1.54) is 41.7 Å². The van der Waals surface area contributed by atoms with Crippen LogP contribution < -0.4 is 10.1 Å². The number of esters is 1. The monoisotopic (exact) mass is 503 g/mol. The number of pyridine rings is 1. The average Bonchev–Trinajstić information content (AvgIpc) is 2.77. The second-order valence-corrected chi connectivity index (χ2v) is 9.22. The predicted octanol–water partition coefficient (Wildman–Crippen LogP) is 2.21. The van der Waals surface area contributed by atoms with Gasteiger partial charge in [0.05, 0.1) is 36.5 Å². The lowest BCUT2D eigenvalue weighted by Gasteiger charge is -2.26. The van der Waals surface area contributed by atoms with E-state index in [-0.39, 0.29) is 45.3 Å². The topological polar surface area (TPSA) is 124 Å². The number of sulfonamides is 1. The van der Waals surface area contributed by atoms with Crippen molar-refractivity contribution in [2.45, 2.75) is 4.90 Å². The highest BCUT2D eigenvalue weighted by Crippen LogP contribution is 2.29. The molecule has 0 saturated carbocycles. The van der Waals surface area contributed by atoms with Crippen molar-refractivity contribution in [1.82, 2.24) is 9.29 Å². The van der Waals surface area contributed by atoms with Crippen LogP contribution in [0.4, 0.5) is 5.69 Å². The number of benzene rings is 1. The van der Waals surface area contributed by atoms with Crippen molar-refractivity contribution in [2.75, 3.05) is 45.3 Å². The minimum atomic E-state index is -3.73. The van der Waals surface area contributed by atoms with Gasteiger partial charge in [0, 0.05) is 19.2 Å². The van der Waals surface area contributed by atoms with Crippen LogP contribution in [0, 0.1) is 0 Å². The summed E-state index contributed by atoms with van der Waals surface area (Å²) in [4.78, 5) is 28.1. The Balaban J connectivity index is 1.66. The van der Waals surface area contributed by atoms with E-state index in [1.54, 1.807) is 0 Å². The molecule has 13 heteroatoms. The van der Waals surface area contributed by atoms with Crippen molar-refractivity contribution in [2.24, 2.45) is 0 Å². The number of nitrogens with one attached hydrogen (secondary N) is 1. The van der Waals surface area contributed by atoms with Crippen molar-refractivity contribution in [3.05, 3.63) is 46.2 Å². The van der Waals surface area contributed by atoms with Crippen molar-refractivity contribution in [3.63, 3.8) is 0 Å². The number of morpholine rings is 1. The second-order valence-electron chi connectivity index (χ2n) is 6.50. The molecule has 1 N–H and O–H groups in total. The van der Waals surface area contributed by atoms with E-state index in [0.29, 0.717) is 13.2 Å². The summed E-state index contributed by atoms with van der Waals surface area (Å²) in [6.07, 6.45) is 0. The summed E-state index contributed by atoms with van der Waals surface area (Å²) in [5, 5.41) is 2.53. The van der Waals surface area contributed by atoms with Gasteiger partial charge in [-0.1, -0.05) is 23.2 Å². The lowest BCUT2D eigenvalue weighted by Crippen LogP contribution is -2.40. The summed E-state index contributed by atoms with van der Waals surface area (Å²) in [5.74, 6) is -1.34. The number of methoxy groups -OCH3 is 1. The zero-order chi connectivity index (χ0) is 23.3. The van der Waals surface area contributed by atoms with Crippen molar-refractivity contribution >= 4 is 50.8 Å². The summed E-state index contributed by atoms with van der Waals surface area (Å²) >= 11 is 11.5. The first kappa shape index (κ1) is 24.2. The van der Waals surface area contributed by atoms with Gasteiger partial charge < -0.3 is 19.5 Å². The van der Waals surface area contributed by atoms with E-state index >= 15 is 0 Å². The van der Waals surface area contributed by atoms with Gasteiger partial charge in [-0.25, -0.2) is 18.2 Å². The summed E-state index contributed by atoms with van der Waals surface area (Å²) in [5.41, 5.74) is 0.252. The maximum atomic E-state index is 12.8. The van der Waals surface area contributed by atoms with Crippen LogP contribution in [0.15, 0.2) is 35.2 Å². The van der Waals surface area contributed by atoms with E-state index in [0.717, 1.165) is 0 Å². The van der Waals surface area contributed by atoms with Crippen molar-refractivity contribution < 1.29 is 32.2 Å². The maximum Gasteiger partial charge on any atom is 0.338 e. The van der Waals surface area contributed by atoms with Crippen molar-refractivity contribution in [1.29, 1.82) is 0 Å². The standard InChI is InChI=1S/C19H19Cl2N3O7S/c1-29-15-10-13(32(27,28)24-4-6-30-7-5-24)2-3-14(15)22-18(25)11-31-19(26)12-8-16(20)23-17(21)9-12/h2-3,8-10H,4-7,11H2,1H3,(H,22,25). The van der Waals surface area contributed by atoms with Crippen LogP contribution in [-0.4, -0.2) is 69.6 Å². The van der Waals surface area contributed by atoms with Crippen LogP contribution in [0.2, 0.25) is 10.3 Å². The van der Waals surface area contributed by atoms with Crippen LogP contribution in [0.5, 0.6) is 5.75 Å². The van der Waals surface area contributed by atoms with Gasteiger partial charge in [-0.15, -0.1) is 0 Å². The van der Waals surface area contributed by atoms with E-state index in [4.69, 9.17) is 37.4 Å². The predicted molar refractivity (Wildman–Crippen MR) is 116 cm³/mol. The van der Waals surface area contributed by atoms with Crippen molar-refractivity contribution in [3.8, 4) is 5.75 Å². The highest BCUT2D eigenvalue weighted by molar-refractivity contribution is 7.89. The smallest absolute Gasteiger partial charge is 0.338 e. The van der Waals surface area contributed by atoms with E-state index in [9.17, 15) is 18.0 Å². The summed E-state index contributed by atoms with van der Waals surface area (Å²) < 4.78 is 42.3. The zero-order valence-electron chi connectivity index (χ0n) is 16.8. The van der Waals surface area contributed by atoms with Crippen LogP contribution in [-0.2, 0) is 24.3 Å². The first-order chi connectivity index (χ1) is 15.2. The van der Waals surface area contributed by atoms with Gasteiger partial charge in [0.2, 0.25) is 10.0 Å². The Labute approximate surface area is 194 Å². The number of carbonyl (C=O) groups excluding carboxylic acids is 2. The molecule has 0 spiro atoms. The Morgan fingerprint density at radius 3 is 2.44 bits per heavy atom. The minimum Gasteiger partial charge on any atom is -0.495 e. The Morgan fingerprint density at radius 1 is 1.16 bits per heavy atom. The number of aromatic nitrogens is 1.